The minimum absolute atomic E-state index is 0.0606. The maximum atomic E-state index is 12.2. The summed E-state index contributed by atoms with van der Waals surface area (Å²) in [5.41, 5.74) is 2.88. The smallest absolute Gasteiger partial charge is 0.240 e. The minimum atomic E-state index is -3.42. The molecule has 5 nitrogen and oxygen atoms in total. The van der Waals surface area contributed by atoms with Gasteiger partial charge in [0.2, 0.25) is 15.9 Å². The van der Waals surface area contributed by atoms with Crippen LogP contribution < -0.4 is 4.72 Å². The number of nitrogens with zero attached hydrogens (tertiary/aromatic N) is 1. The van der Waals surface area contributed by atoms with Crippen LogP contribution in [0.5, 0.6) is 0 Å². The molecule has 0 unspecified atom stereocenters. The first-order valence-corrected chi connectivity index (χ1v) is 9.75. The fraction of sp³-hybridized carbons (Fsp3) is 0.316. The van der Waals surface area contributed by atoms with Crippen LogP contribution >= 0.6 is 0 Å². The van der Waals surface area contributed by atoms with Gasteiger partial charge in [0, 0.05) is 20.1 Å². The van der Waals surface area contributed by atoms with Crippen LogP contribution in [0.25, 0.3) is 11.1 Å². The molecule has 0 radical (unpaired) electrons. The number of benzene rings is 2. The molecule has 0 heterocycles. The fourth-order valence-electron chi connectivity index (χ4n) is 2.46. The van der Waals surface area contributed by atoms with Crippen molar-refractivity contribution in [1.82, 2.24) is 9.62 Å². The second-order valence-electron chi connectivity index (χ2n) is 6.58. The third-order valence-electron chi connectivity index (χ3n) is 4.21. The molecule has 2 aromatic rings. The molecule has 1 aliphatic rings. The number of nitrogens with one attached hydrogen (secondary N) is 1. The first kappa shape index (κ1) is 17.6. The van der Waals surface area contributed by atoms with Crippen LogP contribution in [0.2, 0.25) is 0 Å². The van der Waals surface area contributed by atoms with E-state index in [1.54, 1.807) is 43.3 Å². The lowest BCUT2D eigenvalue weighted by Gasteiger charge is -2.10. The largest absolute Gasteiger partial charge is 0.349 e. The van der Waals surface area contributed by atoms with Gasteiger partial charge >= 0.3 is 0 Å². The third-order valence-corrected chi connectivity index (χ3v) is 5.74. The average molecular weight is 358 g/mol. The minimum Gasteiger partial charge on any atom is -0.349 e. The highest BCUT2D eigenvalue weighted by Gasteiger charge is 2.27. The Balaban J connectivity index is 1.72. The SMILES string of the molecule is CN(C)C(=O)Cc1ccc(-c2ccc(S(=O)(=O)NC3CC3)cc2)cc1. The van der Waals surface area contributed by atoms with Crippen LogP contribution in [0, 0.1) is 0 Å². The highest BCUT2D eigenvalue weighted by molar-refractivity contribution is 7.89. The van der Waals surface area contributed by atoms with Gasteiger partial charge in [-0.3, -0.25) is 4.79 Å². The molecule has 1 aliphatic carbocycles. The van der Waals surface area contributed by atoms with Crippen molar-refractivity contribution >= 4 is 15.9 Å². The number of carbonyl (C=O) groups excluding carboxylic acids is 1. The molecule has 6 heteroatoms. The number of sulfonamides is 1. The summed E-state index contributed by atoms with van der Waals surface area (Å²) in [4.78, 5) is 13.6. The first-order valence-electron chi connectivity index (χ1n) is 8.27. The van der Waals surface area contributed by atoms with Gasteiger partial charge in [0.1, 0.15) is 0 Å². The Morgan fingerprint density at radius 3 is 2.00 bits per heavy atom. The van der Waals surface area contributed by atoms with E-state index in [0.717, 1.165) is 29.5 Å². The molecule has 0 spiro atoms. The molecule has 132 valence electrons. The van der Waals surface area contributed by atoms with E-state index in [1.165, 1.54) is 0 Å². The second-order valence-corrected chi connectivity index (χ2v) is 8.30. The van der Waals surface area contributed by atoms with E-state index in [0.29, 0.717) is 6.42 Å². The maximum absolute atomic E-state index is 12.2. The van der Waals surface area contributed by atoms with E-state index >= 15 is 0 Å². The zero-order valence-electron chi connectivity index (χ0n) is 14.4. The van der Waals surface area contributed by atoms with E-state index in [9.17, 15) is 13.2 Å². The standard InChI is InChI=1S/C19H22N2O3S/c1-21(2)19(22)13-14-3-5-15(6-4-14)16-7-11-18(12-8-16)25(23,24)20-17-9-10-17/h3-8,11-12,17,20H,9-10,13H2,1-2H3. The zero-order valence-corrected chi connectivity index (χ0v) is 15.2. The van der Waals surface area contributed by atoms with Crippen molar-refractivity contribution in [2.24, 2.45) is 0 Å². The molecule has 1 amide bonds. The predicted molar refractivity (Wildman–Crippen MR) is 97.6 cm³/mol. The number of hydrogen-bond donors (Lipinski definition) is 1. The van der Waals surface area contributed by atoms with Crippen LogP contribution in [-0.4, -0.2) is 39.4 Å². The van der Waals surface area contributed by atoms with E-state index in [4.69, 9.17) is 0 Å². The van der Waals surface area contributed by atoms with Gasteiger partial charge in [-0.15, -0.1) is 0 Å². The van der Waals surface area contributed by atoms with E-state index in [2.05, 4.69) is 4.72 Å². The molecular formula is C19H22N2O3S. The molecule has 1 N–H and O–H groups in total. The average Bonchev–Trinajstić information content (AvgIpc) is 3.39. The lowest BCUT2D eigenvalue weighted by Crippen LogP contribution is -2.25. The maximum Gasteiger partial charge on any atom is 0.240 e. The molecule has 0 bridgehead atoms. The lowest BCUT2D eigenvalue weighted by atomic mass is 10.0. The summed E-state index contributed by atoms with van der Waals surface area (Å²) in [6, 6.07) is 14.7. The number of rotatable bonds is 6. The highest BCUT2D eigenvalue weighted by Crippen LogP contribution is 2.25. The molecular weight excluding hydrogens is 336 g/mol. The van der Waals surface area contributed by atoms with Crippen molar-refractivity contribution in [2.75, 3.05) is 14.1 Å². The fourth-order valence-corrected chi connectivity index (χ4v) is 3.77. The van der Waals surface area contributed by atoms with Crippen molar-refractivity contribution in [3.05, 3.63) is 54.1 Å². The Morgan fingerprint density at radius 2 is 1.52 bits per heavy atom. The summed E-state index contributed by atoms with van der Waals surface area (Å²) >= 11 is 0. The summed E-state index contributed by atoms with van der Waals surface area (Å²) < 4.78 is 27.0. The third kappa shape index (κ3) is 4.46. The van der Waals surface area contributed by atoms with Crippen molar-refractivity contribution in [3.63, 3.8) is 0 Å². The van der Waals surface area contributed by atoms with Crippen LogP contribution in [-0.2, 0) is 21.2 Å². The summed E-state index contributed by atoms with van der Waals surface area (Å²) in [6.45, 7) is 0. The molecule has 0 aliphatic heterocycles. The van der Waals surface area contributed by atoms with Crippen molar-refractivity contribution in [1.29, 1.82) is 0 Å². The number of carbonyl (C=O) groups is 1. The molecule has 0 saturated heterocycles. The van der Waals surface area contributed by atoms with Gasteiger partial charge in [0.25, 0.3) is 0 Å². The molecule has 1 saturated carbocycles. The molecule has 1 fully saturated rings. The Labute approximate surface area is 148 Å². The zero-order chi connectivity index (χ0) is 18.0. The van der Waals surface area contributed by atoms with Gasteiger partial charge in [0.05, 0.1) is 11.3 Å². The van der Waals surface area contributed by atoms with Crippen molar-refractivity contribution in [3.8, 4) is 11.1 Å². The van der Waals surface area contributed by atoms with Crippen molar-refractivity contribution < 1.29 is 13.2 Å². The van der Waals surface area contributed by atoms with Gasteiger partial charge in [0.15, 0.2) is 0 Å². The summed E-state index contributed by atoms with van der Waals surface area (Å²) in [6.07, 6.45) is 2.21. The summed E-state index contributed by atoms with van der Waals surface area (Å²) in [5, 5.41) is 0. The van der Waals surface area contributed by atoms with E-state index < -0.39 is 10.0 Å². The molecule has 25 heavy (non-hydrogen) atoms. The van der Waals surface area contributed by atoms with Gasteiger partial charge in [-0.05, 0) is 41.7 Å². The van der Waals surface area contributed by atoms with E-state index in [-0.39, 0.29) is 16.8 Å². The highest BCUT2D eigenvalue weighted by atomic mass is 32.2. The quantitative estimate of drug-likeness (QED) is 0.862. The number of amides is 1. The van der Waals surface area contributed by atoms with Gasteiger partial charge in [-0.1, -0.05) is 36.4 Å². The van der Waals surface area contributed by atoms with Gasteiger partial charge in [-0.2, -0.15) is 0 Å². The van der Waals surface area contributed by atoms with E-state index in [1.807, 2.05) is 24.3 Å². The monoisotopic (exact) mass is 358 g/mol. The van der Waals surface area contributed by atoms with Gasteiger partial charge in [-0.25, -0.2) is 13.1 Å². The first-order chi connectivity index (χ1) is 11.8. The second kappa shape index (κ2) is 6.98. The molecule has 0 atom stereocenters. The summed E-state index contributed by atoms with van der Waals surface area (Å²) in [5.74, 6) is 0.0606. The Bertz CT molecular complexity index is 853. The predicted octanol–water partition coefficient (Wildman–Crippen LogP) is 2.42. The van der Waals surface area contributed by atoms with Crippen LogP contribution in [0.4, 0.5) is 0 Å². The van der Waals surface area contributed by atoms with Crippen LogP contribution in [0.1, 0.15) is 18.4 Å². The normalized spacial score (nSPS) is 14.3. The Hall–Kier alpha value is -2.18. The number of likely N-dealkylation sites (N-methyl/N-ethyl adjacent to an activating group) is 1. The summed E-state index contributed by atoms with van der Waals surface area (Å²) in [7, 11) is 0.0644. The molecule has 0 aromatic heterocycles. The van der Waals surface area contributed by atoms with Crippen molar-refractivity contribution in [2.45, 2.75) is 30.2 Å². The molecule has 3 rings (SSSR count). The van der Waals surface area contributed by atoms with Crippen LogP contribution in [0.3, 0.4) is 0 Å². The topological polar surface area (TPSA) is 66.5 Å². The number of hydrogen-bond acceptors (Lipinski definition) is 3. The van der Waals surface area contributed by atoms with Crippen LogP contribution in [0.15, 0.2) is 53.4 Å². The van der Waals surface area contributed by atoms with Gasteiger partial charge < -0.3 is 4.90 Å². The molecule has 2 aromatic carbocycles. The Kier molecular flexibility index (Phi) is 4.92. The Morgan fingerprint density at radius 1 is 1.00 bits per heavy atom. The lowest BCUT2D eigenvalue weighted by molar-refractivity contribution is -0.127.